The molecule has 29 heavy (non-hydrogen) atoms. The van der Waals surface area contributed by atoms with E-state index < -0.39 is 10.0 Å². The van der Waals surface area contributed by atoms with Gasteiger partial charge in [0.15, 0.2) is 11.5 Å². The normalized spacial score (nSPS) is 17.2. The fourth-order valence-corrected chi connectivity index (χ4v) is 5.02. The van der Waals surface area contributed by atoms with Crippen molar-refractivity contribution in [3.8, 4) is 11.5 Å². The lowest BCUT2D eigenvalue weighted by Crippen LogP contribution is -2.50. The van der Waals surface area contributed by atoms with Crippen LogP contribution >= 0.6 is 0 Å². The molecule has 8 heteroatoms. The monoisotopic (exact) mass is 416 g/mol. The molecule has 0 unspecified atom stereocenters. The highest BCUT2D eigenvalue weighted by atomic mass is 32.2. The van der Waals surface area contributed by atoms with Gasteiger partial charge in [0, 0.05) is 31.7 Å². The first-order valence-electron chi connectivity index (χ1n) is 9.62. The summed E-state index contributed by atoms with van der Waals surface area (Å²) in [6.45, 7) is 6.04. The SMILES string of the molecule is Cc1ccc(S(=O)(=O)N2CCN(C(=O)c3ccc4c(c3)OCCO4)CC2)cc1C. The molecule has 1 amide bonds. The molecule has 2 aliphatic rings. The molecule has 0 spiro atoms. The fourth-order valence-electron chi connectivity index (χ4n) is 3.51. The number of hydrogen-bond donors (Lipinski definition) is 0. The molecule has 1 fully saturated rings. The Bertz CT molecular complexity index is 1040. The lowest BCUT2D eigenvalue weighted by Gasteiger charge is -2.34. The number of carbonyl (C=O) groups is 1. The largest absolute Gasteiger partial charge is 0.486 e. The first-order chi connectivity index (χ1) is 13.9. The Morgan fingerprint density at radius 2 is 1.55 bits per heavy atom. The van der Waals surface area contributed by atoms with Crippen molar-refractivity contribution in [2.24, 2.45) is 0 Å². The Labute approximate surface area is 170 Å². The third-order valence-electron chi connectivity index (χ3n) is 5.43. The van der Waals surface area contributed by atoms with Crippen LogP contribution in [0.5, 0.6) is 11.5 Å². The van der Waals surface area contributed by atoms with Gasteiger partial charge in [-0.05, 0) is 55.3 Å². The molecule has 0 aromatic heterocycles. The summed E-state index contributed by atoms with van der Waals surface area (Å²) in [5.74, 6) is 1.07. The molecule has 154 valence electrons. The summed E-state index contributed by atoms with van der Waals surface area (Å²) in [6.07, 6.45) is 0. The molecule has 2 heterocycles. The van der Waals surface area contributed by atoms with Gasteiger partial charge >= 0.3 is 0 Å². The molecule has 0 atom stereocenters. The van der Waals surface area contributed by atoms with Gasteiger partial charge in [-0.3, -0.25) is 4.79 Å². The lowest BCUT2D eigenvalue weighted by molar-refractivity contribution is 0.0697. The Hall–Kier alpha value is -2.58. The smallest absolute Gasteiger partial charge is 0.254 e. The molecule has 0 saturated carbocycles. The first kappa shape index (κ1) is 19.7. The zero-order valence-electron chi connectivity index (χ0n) is 16.6. The second kappa shape index (κ2) is 7.68. The second-order valence-corrected chi connectivity index (χ2v) is 9.24. The van der Waals surface area contributed by atoms with Gasteiger partial charge in [0.25, 0.3) is 5.91 Å². The van der Waals surface area contributed by atoms with E-state index in [1.54, 1.807) is 35.2 Å². The molecule has 2 aromatic rings. The third-order valence-corrected chi connectivity index (χ3v) is 7.33. The zero-order chi connectivity index (χ0) is 20.6. The first-order valence-corrected chi connectivity index (χ1v) is 11.1. The van der Waals surface area contributed by atoms with Crippen molar-refractivity contribution in [3.63, 3.8) is 0 Å². The standard InChI is InChI=1S/C21H24N2O5S/c1-15-3-5-18(13-16(15)2)29(25,26)23-9-7-22(8-10-23)21(24)17-4-6-19-20(14-17)28-12-11-27-19/h3-6,13-14H,7-12H2,1-2H3. The highest BCUT2D eigenvalue weighted by molar-refractivity contribution is 7.89. The minimum absolute atomic E-state index is 0.134. The number of carbonyl (C=O) groups excluding carboxylic acids is 1. The van der Waals surface area contributed by atoms with Gasteiger partial charge in [0.1, 0.15) is 13.2 Å². The quantitative estimate of drug-likeness (QED) is 0.767. The maximum absolute atomic E-state index is 12.9. The summed E-state index contributed by atoms with van der Waals surface area (Å²) < 4.78 is 38.4. The molecule has 0 aliphatic carbocycles. The van der Waals surface area contributed by atoms with Crippen molar-refractivity contribution in [2.45, 2.75) is 18.7 Å². The van der Waals surface area contributed by atoms with E-state index >= 15 is 0 Å². The summed E-state index contributed by atoms with van der Waals surface area (Å²) >= 11 is 0. The Morgan fingerprint density at radius 1 is 0.862 bits per heavy atom. The van der Waals surface area contributed by atoms with E-state index in [0.717, 1.165) is 11.1 Å². The molecule has 2 aromatic carbocycles. The second-order valence-electron chi connectivity index (χ2n) is 7.30. The Morgan fingerprint density at radius 3 is 2.24 bits per heavy atom. The highest BCUT2D eigenvalue weighted by Gasteiger charge is 2.31. The summed E-state index contributed by atoms with van der Waals surface area (Å²) in [5, 5.41) is 0. The summed E-state index contributed by atoms with van der Waals surface area (Å²) in [4.78, 5) is 14.8. The number of fused-ring (bicyclic) bond motifs is 1. The summed E-state index contributed by atoms with van der Waals surface area (Å²) in [7, 11) is -3.57. The van der Waals surface area contributed by atoms with Gasteiger partial charge in [0.05, 0.1) is 4.90 Å². The molecule has 7 nitrogen and oxygen atoms in total. The summed E-state index contributed by atoms with van der Waals surface area (Å²) in [5.41, 5.74) is 2.51. The number of sulfonamides is 1. The van der Waals surface area contributed by atoms with Crippen molar-refractivity contribution in [1.29, 1.82) is 0 Å². The molecule has 1 saturated heterocycles. The van der Waals surface area contributed by atoms with Gasteiger partial charge < -0.3 is 14.4 Å². The molecule has 2 aliphatic heterocycles. The van der Waals surface area contributed by atoms with Crippen molar-refractivity contribution < 1.29 is 22.7 Å². The third kappa shape index (κ3) is 3.82. The van der Waals surface area contributed by atoms with E-state index in [9.17, 15) is 13.2 Å². The molecule has 0 N–H and O–H groups in total. The van der Waals surface area contributed by atoms with E-state index in [1.807, 2.05) is 19.9 Å². The van der Waals surface area contributed by atoms with Crippen LogP contribution in [0.25, 0.3) is 0 Å². The number of amides is 1. The van der Waals surface area contributed by atoms with Crippen LogP contribution in [-0.4, -0.2) is 62.9 Å². The molecular formula is C21H24N2O5S. The van der Waals surface area contributed by atoms with Crippen LogP contribution in [0.4, 0.5) is 0 Å². The van der Waals surface area contributed by atoms with Crippen LogP contribution in [0.2, 0.25) is 0 Å². The van der Waals surface area contributed by atoms with Crippen LogP contribution in [0.1, 0.15) is 21.5 Å². The maximum Gasteiger partial charge on any atom is 0.254 e. The number of ether oxygens (including phenoxy) is 2. The highest BCUT2D eigenvalue weighted by Crippen LogP contribution is 2.31. The number of nitrogens with zero attached hydrogens (tertiary/aromatic N) is 2. The Kier molecular flexibility index (Phi) is 5.23. The number of piperazine rings is 1. The number of hydrogen-bond acceptors (Lipinski definition) is 5. The van der Waals surface area contributed by atoms with E-state index in [1.165, 1.54) is 4.31 Å². The predicted molar refractivity (Wildman–Crippen MR) is 108 cm³/mol. The van der Waals surface area contributed by atoms with E-state index in [4.69, 9.17) is 9.47 Å². The van der Waals surface area contributed by atoms with Gasteiger partial charge in [-0.25, -0.2) is 8.42 Å². The van der Waals surface area contributed by atoms with E-state index in [0.29, 0.717) is 48.3 Å². The Balaban J connectivity index is 1.45. The maximum atomic E-state index is 12.9. The van der Waals surface area contributed by atoms with Gasteiger partial charge in [-0.2, -0.15) is 4.31 Å². The molecule has 4 rings (SSSR count). The van der Waals surface area contributed by atoms with Crippen LogP contribution in [0.3, 0.4) is 0 Å². The number of rotatable bonds is 3. The van der Waals surface area contributed by atoms with E-state index in [2.05, 4.69) is 0 Å². The van der Waals surface area contributed by atoms with Crippen molar-refractivity contribution in [2.75, 3.05) is 39.4 Å². The fraction of sp³-hybridized carbons (Fsp3) is 0.381. The van der Waals surface area contributed by atoms with Crippen molar-refractivity contribution >= 4 is 15.9 Å². The zero-order valence-corrected chi connectivity index (χ0v) is 17.4. The van der Waals surface area contributed by atoms with E-state index in [-0.39, 0.29) is 19.0 Å². The molecular weight excluding hydrogens is 392 g/mol. The van der Waals surface area contributed by atoms with Gasteiger partial charge in [0.2, 0.25) is 10.0 Å². The topological polar surface area (TPSA) is 76.2 Å². The minimum atomic E-state index is -3.57. The van der Waals surface area contributed by atoms with Gasteiger partial charge in [-0.15, -0.1) is 0 Å². The van der Waals surface area contributed by atoms with Crippen LogP contribution < -0.4 is 9.47 Å². The van der Waals surface area contributed by atoms with Gasteiger partial charge in [-0.1, -0.05) is 6.07 Å². The molecule has 0 radical (unpaired) electrons. The number of benzene rings is 2. The van der Waals surface area contributed by atoms with Crippen LogP contribution in [-0.2, 0) is 10.0 Å². The lowest BCUT2D eigenvalue weighted by atomic mass is 10.1. The average molecular weight is 416 g/mol. The van der Waals surface area contributed by atoms with Crippen LogP contribution in [0.15, 0.2) is 41.3 Å². The average Bonchev–Trinajstić information content (AvgIpc) is 2.74. The van der Waals surface area contributed by atoms with Crippen LogP contribution in [0, 0.1) is 13.8 Å². The van der Waals surface area contributed by atoms with Crippen molar-refractivity contribution in [3.05, 3.63) is 53.1 Å². The summed E-state index contributed by atoms with van der Waals surface area (Å²) in [6, 6.07) is 10.3. The predicted octanol–water partition coefficient (Wildman–Crippen LogP) is 2.22. The molecule has 0 bridgehead atoms. The number of aryl methyl sites for hydroxylation is 2. The minimum Gasteiger partial charge on any atom is -0.486 e. The van der Waals surface area contributed by atoms with Crippen molar-refractivity contribution in [1.82, 2.24) is 9.21 Å².